The second-order valence-electron chi connectivity index (χ2n) is 6.13. The molecule has 2 rings (SSSR count). The van der Waals surface area contributed by atoms with Gasteiger partial charge in [0.1, 0.15) is 0 Å². The Morgan fingerprint density at radius 1 is 0.957 bits per heavy atom. The van der Waals surface area contributed by atoms with Gasteiger partial charge in [-0.25, -0.2) is 0 Å². The van der Waals surface area contributed by atoms with Crippen LogP contribution in [0.15, 0.2) is 12.1 Å². The van der Waals surface area contributed by atoms with Crippen molar-refractivity contribution in [1.29, 1.82) is 0 Å². The van der Waals surface area contributed by atoms with Gasteiger partial charge in [-0.3, -0.25) is 0 Å². The van der Waals surface area contributed by atoms with Crippen molar-refractivity contribution in [2.75, 3.05) is 54.6 Å². The van der Waals surface area contributed by atoms with E-state index in [9.17, 15) is 0 Å². The Morgan fingerprint density at radius 2 is 1.65 bits per heavy atom. The van der Waals surface area contributed by atoms with Gasteiger partial charge in [0, 0.05) is 25.2 Å². The predicted molar refractivity (Wildman–Crippen MR) is 92.7 cm³/mol. The van der Waals surface area contributed by atoms with Crippen LogP contribution in [0.25, 0.3) is 0 Å². The molecule has 1 saturated heterocycles. The Bertz CT molecular complexity index is 487. The highest BCUT2D eigenvalue weighted by atomic mass is 16.5. The molecule has 1 heterocycles. The first-order valence-corrected chi connectivity index (χ1v) is 8.38. The molecule has 5 nitrogen and oxygen atoms in total. The molecule has 0 radical (unpaired) electrons. The minimum atomic E-state index is 0.664. The third-order valence-electron chi connectivity index (χ3n) is 4.47. The van der Waals surface area contributed by atoms with Gasteiger partial charge in [0.2, 0.25) is 5.75 Å². The van der Waals surface area contributed by atoms with E-state index < -0.39 is 0 Å². The monoisotopic (exact) mass is 322 g/mol. The van der Waals surface area contributed by atoms with E-state index in [1.807, 2.05) is 6.07 Å². The van der Waals surface area contributed by atoms with Crippen LogP contribution in [-0.2, 0) is 6.54 Å². The third-order valence-corrected chi connectivity index (χ3v) is 4.47. The molecule has 0 aliphatic carbocycles. The van der Waals surface area contributed by atoms with Crippen LogP contribution in [-0.4, -0.2) is 64.4 Å². The second-order valence-corrected chi connectivity index (χ2v) is 6.13. The number of ether oxygens (including phenoxy) is 3. The average Bonchev–Trinajstić information content (AvgIpc) is 2.60. The molecule has 1 aromatic rings. The standard InChI is InChI=1S/C18H30N2O3/c1-19(12-13-20-10-6-5-7-11-20)14-15-8-9-16(21-2)18(23-4)17(15)22-3/h8-9H,5-7,10-14H2,1-4H3. The number of piperidine rings is 1. The maximum absolute atomic E-state index is 5.56. The first-order chi connectivity index (χ1) is 11.2. The van der Waals surface area contributed by atoms with Crippen molar-refractivity contribution in [3.63, 3.8) is 0 Å². The fourth-order valence-electron chi connectivity index (χ4n) is 3.15. The van der Waals surface area contributed by atoms with Crippen molar-refractivity contribution in [2.45, 2.75) is 25.8 Å². The summed E-state index contributed by atoms with van der Waals surface area (Å²) in [5.74, 6) is 2.12. The van der Waals surface area contributed by atoms with Gasteiger partial charge in [-0.1, -0.05) is 12.5 Å². The molecule has 0 atom stereocenters. The number of rotatable bonds is 8. The van der Waals surface area contributed by atoms with E-state index in [1.165, 1.54) is 32.4 Å². The Balaban J connectivity index is 1.97. The highest BCUT2D eigenvalue weighted by Crippen LogP contribution is 2.40. The molecule has 1 fully saturated rings. The maximum Gasteiger partial charge on any atom is 0.203 e. The van der Waals surface area contributed by atoms with E-state index in [0.717, 1.165) is 30.9 Å². The second kappa shape index (κ2) is 8.99. The summed E-state index contributed by atoms with van der Waals surface area (Å²) in [7, 11) is 7.11. The Kier molecular flexibility index (Phi) is 6.99. The van der Waals surface area contributed by atoms with Crippen LogP contribution in [0.2, 0.25) is 0 Å². The molecule has 0 bridgehead atoms. The summed E-state index contributed by atoms with van der Waals surface area (Å²) in [4.78, 5) is 4.89. The van der Waals surface area contributed by atoms with Gasteiger partial charge in [-0.2, -0.15) is 0 Å². The first kappa shape index (κ1) is 17.9. The molecular weight excluding hydrogens is 292 g/mol. The SMILES string of the molecule is COc1ccc(CN(C)CCN2CCCCC2)c(OC)c1OC. The zero-order chi connectivity index (χ0) is 16.7. The molecule has 0 aromatic heterocycles. The van der Waals surface area contributed by atoms with Gasteiger partial charge >= 0.3 is 0 Å². The zero-order valence-electron chi connectivity index (χ0n) is 14.9. The van der Waals surface area contributed by atoms with Gasteiger partial charge in [-0.05, 0) is 39.0 Å². The van der Waals surface area contributed by atoms with Crippen LogP contribution in [0.4, 0.5) is 0 Å². The maximum atomic E-state index is 5.56. The van der Waals surface area contributed by atoms with Crippen LogP contribution < -0.4 is 14.2 Å². The molecule has 1 aliphatic heterocycles. The minimum absolute atomic E-state index is 0.664. The topological polar surface area (TPSA) is 34.2 Å². The van der Waals surface area contributed by atoms with E-state index in [4.69, 9.17) is 14.2 Å². The smallest absolute Gasteiger partial charge is 0.203 e. The number of nitrogens with zero attached hydrogens (tertiary/aromatic N) is 2. The summed E-state index contributed by atoms with van der Waals surface area (Å²) in [5, 5.41) is 0. The molecule has 130 valence electrons. The zero-order valence-corrected chi connectivity index (χ0v) is 14.9. The van der Waals surface area contributed by atoms with Gasteiger partial charge in [0.05, 0.1) is 21.3 Å². The van der Waals surface area contributed by atoms with Crippen molar-refractivity contribution in [2.24, 2.45) is 0 Å². The van der Waals surface area contributed by atoms with Crippen LogP contribution in [0.1, 0.15) is 24.8 Å². The van der Waals surface area contributed by atoms with E-state index in [2.05, 4.69) is 22.9 Å². The number of likely N-dealkylation sites (tertiary alicyclic amines) is 1. The molecule has 0 spiro atoms. The normalized spacial score (nSPS) is 15.7. The number of methoxy groups -OCH3 is 3. The number of hydrogen-bond acceptors (Lipinski definition) is 5. The van der Waals surface area contributed by atoms with Crippen LogP contribution in [0.3, 0.4) is 0 Å². The van der Waals surface area contributed by atoms with Crippen LogP contribution in [0, 0.1) is 0 Å². The predicted octanol–water partition coefficient (Wildman–Crippen LogP) is 2.63. The molecule has 1 aliphatic rings. The Labute approximate surface area is 140 Å². The lowest BCUT2D eigenvalue weighted by Crippen LogP contribution is -2.36. The van der Waals surface area contributed by atoms with E-state index in [0.29, 0.717) is 11.5 Å². The van der Waals surface area contributed by atoms with Gasteiger partial charge in [-0.15, -0.1) is 0 Å². The highest BCUT2D eigenvalue weighted by Gasteiger charge is 2.17. The summed E-state index contributed by atoms with van der Waals surface area (Å²) >= 11 is 0. The van der Waals surface area contributed by atoms with Gasteiger partial charge < -0.3 is 24.0 Å². The van der Waals surface area contributed by atoms with E-state index in [-0.39, 0.29) is 0 Å². The Hall–Kier alpha value is -1.46. The molecule has 0 amide bonds. The number of likely N-dealkylation sites (N-methyl/N-ethyl adjacent to an activating group) is 1. The van der Waals surface area contributed by atoms with Crippen molar-refractivity contribution in [3.8, 4) is 17.2 Å². The quantitative estimate of drug-likeness (QED) is 0.735. The van der Waals surface area contributed by atoms with Gasteiger partial charge in [0.25, 0.3) is 0 Å². The van der Waals surface area contributed by atoms with Crippen molar-refractivity contribution in [1.82, 2.24) is 9.80 Å². The fourth-order valence-corrected chi connectivity index (χ4v) is 3.15. The molecule has 5 heteroatoms. The van der Waals surface area contributed by atoms with E-state index in [1.54, 1.807) is 21.3 Å². The summed E-state index contributed by atoms with van der Waals surface area (Å²) in [5.41, 5.74) is 1.12. The molecule has 23 heavy (non-hydrogen) atoms. The molecule has 0 unspecified atom stereocenters. The average molecular weight is 322 g/mol. The van der Waals surface area contributed by atoms with Crippen molar-refractivity contribution < 1.29 is 14.2 Å². The minimum Gasteiger partial charge on any atom is -0.493 e. The lowest BCUT2D eigenvalue weighted by molar-refractivity contribution is 0.193. The summed E-state index contributed by atoms with van der Waals surface area (Å²) in [6.07, 6.45) is 4.07. The van der Waals surface area contributed by atoms with Gasteiger partial charge in [0.15, 0.2) is 11.5 Å². The summed E-state index contributed by atoms with van der Waals surface area (Å²) in [6, 6.07) is 3.99. The highest BCUT2D eigenvalue weighted by molar-refractivity contribution is 5.55. The molecule has 0 N–H and O–H groups in total. The van der Waals surface area contributed by atoms with E-state index >= 15 is 0 Å². The Morgan fingerprint density at radius 3 is 2.26 bits per heavy atom. The van der Waals surface area contributed by atoms with Crippen molar-refractivity contribution >= 4 is 0 Å². The van der Waals surface area contributed by atoms with Crippen molar-refractivity contribution in [3.05, 3.63) is 17.7 Å². The van der Waals surface area contributed by atoms with Crippen LogP contribution >= 0.6 is 0 Å². The summed E-state index contributed by atoms with van der Waals surface area (Å²) in [6.45, 7) is 5.50. The van der Waals surface area contributed by atoms with Crippen LogP contribution in [0.5, 0.6) is 17.2 Å². The third kappa shape index (κ3) is 4.75. The molecular formula is C18H30N2O3. The number of hydrogen-bond donors (Lipinski definition) is 0. The molecule has 0 saturated carbocycles. The lowest BCUT2D eigenvalue weighted by atomic mass is 10.1. The first-order valence-electron chi connectivity index (χ1n) is 8.38. The summed E-state index contributed by atoms with van der Waals surface area (Å²) < 4.78 is 16.4. The molecule has 1 aromatic carbocycles. The lowest BCUT2D eigenvalue weighted by Gasteiger charge is -2.28. The fraction of sp³-hybridized carbons (Fsp3) is 0.667. The largest absolute Gasteiger partial charge is 0.493 e. The number of benzene rings is 1.